The zero-order valence-corrected chi connectivity index (χ0v) is 40.5. The van der Waals surface area contributed by atoms with Crippen molar-refractivity contribution in [2.75, 3.05) is 38.7 Å². The SMILES string of the molecule is C=CC(=O)OCCCCCN1C(=O)c2cccc3c(OCC)ccc(c23)C1=O.C=CC(=O)OCCCCCN1C(=O)c2cccc3c(S(=O)(=O)CCCCCCCCCCCC)ccc(c23)C1=O. The Morgan fingerprint density at radius 1 is 0.529 bits per heavy atom. The topological polar surface area (TPSA) is 171 Å². The summed E-state index contributed by atoms with van der Waals surface area (Å²) in [6.45, 7) is 12.4. The normalized spacial score (nSPS) is 13.1. The number of hydrogen-bond donors (Lipinski definition) is 0. The summed E-state index contributed by atoms with van der Waals surface area (Å²) in [5.74, 6) is -1.58. The highest BCUT2D eigenvalue weighted by atomic mass is 32.2. The molecule has 364 valence electrons. The molecule has 0 fully saturated rings. The van der Waals surface area contributed by atoms with Gasteiger partial charge in [0.25, 0.3) is 23.6 Å². The van der Waals surface area contributed by atoms with E-state index >= 15 is 0 Å². The predicted octanol–water partition coefficient (Wildman–Crippen LogP) is 10.8. The maximum atomic E-state index is 13.3. The van der Waals surface area contributed by atoms with Crippen LogP contribution in [0.5, 0.6) is 5.75 Å². The van der Waals surface area contributed by atoms with Crippen LogP contribution in [0.3, 0.4) is 0 Å². The molecule has 68 heavy (non-hydrogen) atoms. The molecule has 6 rings (SSSR count). The summed E-state index contributed by atoms with van der Waals surface area (Å²) in [4.78, 5) is 77.2. The van der Waals surface area contributed by atoms with Crippen molar-refractivity contribution in [1.82, 2.24) is 9.80 Å². The predicted molar refractivity (Wildman–Crippen MR) is 264 cm³/mol. The molecule has 2 aliphatic rings. The summed E-state index contributed by atoms with van der Waals surface area (Å²) >= 11 is 0. The number of unbranched alkanes of at least 4 members (excludes halogenated alkanes) is 13. The Morgan fingerprint density at radius 2 is 0.956 bits per heavy atom. The smallest absolute Gasteiger partial charge is 0.330 e. The average Bonchev–Trinajstić information content (AvgIpc) is 3.34. The number of sulfone groups is 1. The van der Waals surface area contributed by atoms with Gasteiger partial charge in [-0.2, -0.15) is 0 Å². The lowest BCUT2D eigenvalue weighted by Crippen LogP contribution is -2.41. The third-order valence-corrected chi connectivity index (χ3v) is 14.0. The fraction of sp³-hybridized carbons (Fsp3) is 0.444. The first-order chi connectivity index (χ1) is 32.9. The molecule has 0 aliphatic carbocycles. The Bertz CT molecular complexity index is 2540. The van der Waals surface area contributed by atoms with E-state index < -0.39 is 33.6 Å². The maximum absolute atomic E-state index is 13.3. The molecule has 4 amide bonds. The van der Waals surface area contributed by atoms with Crippen LogP contribution in [0.15, 0.2) is 90.9 Å². The van der Waals surface area contributed by atoms with Crippen molar-refractivity contribution in [3.05, 3.63) is 108 Å². The summed E-state index contributed by atoms with van der Waals surface area (Å²) in [6, 6.07) is 17.0. The van der Waals surface area contributed by atoms with Crippen LogP contribution in [-0.2, 0) is 28.9 Å². The monoisotopic (exact) mass is 950 g/mol. The van der Waals surface area contributed by atoms with Crippen molar-refractivity contribution in [1.29, 1.82) is 0 Å². The van der Waals surface area contributed by atoms with E-state index in [4.69, 9.17) is 14.2 Å². The lowest BCUT2D eigenvalue weighted by atomic mass is 9.93. The van der Waals surface area contributed by atoms with Gasteiger partial charge in [0, 0.05) is 69.0 Å². The molecule has 13 nitrogen and oxygen atoms in total. The van der Waals surface area contributed by atoms with Crippen molar-refractivity contribution < 1.29 is 51.4 Å². The number of carbonyl (C=O) groups excluding carboxylic acids is 6. The van der Waals surface area contributed by atoms with E-state index in [-0.39, 0.29) is 35.6 Å². The number of benzene rings is 4. The Morgan fingerprint density at radius 3 is 1.44 bits per heavy atom. The first kappa shape index (κ1) is 52.8. The highest BCUT2D eigenvalue weighted by Crippen LogP contribution is 2.37. The van der Waals surface area contributed by atoms with Crippen LogP contribution in [0.2, 0.25) is 0 Å². The molecule has 0 atom stereocenters. The average molecular weight is 951 g/mol. The zero-order valence-electron chi connectivity index (χ0n) is 39.7. The molecule has 0 unspecified atom stereocenters. The molecule has 0 radical (unpaired) electrons. The van der Waals surface area contributed by atoms with Gasteiger partial charge in [-0.3, -0.25) is 29.0 Å². The summed E-state index contributed by atoms with van der Waals surface area (Å²) in [5, 5.41) is 2.31. The fourth-order valence-corrected chi connectivity index (χ4v) is 10.2. The Kier molecular flexibility index (Phi) is 20.5. The van der Waals surface area contributed by atoms with Gasteiger partial charge in [-0.05, 0) is 88.3 Å². The second-order valence-corrected chi connectivity index (χ2v) is 19.1. The van der Waals surface area contributed by atoms with Crippen LogP contribution >= 0.6 is 0 Å². The van der Waals surface area contributed by atoms with Gasteiger partial charge in [0.15, 0.2) is 9.84 Å². The summed E-state index contributed by atoms with van der Waals surface area (Å²) < 4.78 is 42.1. The van der Waals surface area contributed by atoms with Crippen LogP contribution < -0.4 is 4.74 Å². The molecule has 14 heteroatoms. The lowest BCUT2D eigenvalue weighted by molar-refractivity contribution is -0.138. The number of hydrogen-bond acceptors (Lipinski definition) is 11. The van der Waals surface area contributed by atoms with Gasteiger partial charge in [0.1, 0.15) is 5.75 Å². The van der Waals surface area contributed by atoms with Crippen LogP contribution in [0.25, 0.3) is 21.5 Å². The second kappa shape index (κ2) is 26.4. The van der Waals surface area contributed by atoms with E-state index in [2.05, 4.69) is 20.1 Å². The van der Waals surface area contributed by atoms with Crippen LogP contribution in [0.4, 0.5) is 0 Å². The lowest BCUT2D eigenvalue weighted by Gasteiger charge is -2.27. The quantitative estimate of drug-likeness (QED) is 0.0230. The largest absolute Gasteiger partial charge is 0.493 e. The number of imide groups is 2. The third-order valence-electron chi connectivity index (χ3n) is 12.2. The first-order valence-electron chi connectivity index (χ1n) is 24.2. The van der Waals surface area contributed by atoms with Crippen molar-refractivity contribution in [3.63, 3.8) is 0 Å². The zero-order chi connectivity index (χ0) is 49.1. The highest BCUT2D eigenvalue weighted by molar-refractivity contribution is 7.91. The van der Waals surface area contributed by atoms with Crippen molar-refractivity contribution in [2.24, 2.45) is 0 Å². The summed E-state index contributed by atoms with van der Waals surface area (Å²) in [7, 11) is -3.57. The van der Waals surface area contributed by atoms with E-state index in [0.29, 0.717) is 102 Å². The molecular formula is C54H66N2O11S. The first-order valence-corrected chi connectivity index (χ1v) is 25.8. The molecule has 0 bridgehead atoms. The molecule has 0 N–H and O–H groups in total. The minimum Gasteiger partial charge on any atom is -0.493 e. The highest BCUT2D eigenvalue weighted by Gasteiger charge is 2.35. The molecule has 0 saturated carbocycles. The summed E-state index contributed by atoms with van der Waals surface area (Å²) in [6.07, 6.45) is 17.4. The van der Waals surface area contributed by atoms with E-state index in [1.165, 1.54) is 54.4 Å². The van der Waals surface area contributed by atoms with Gasteiger partial charge in [0.2, 0.25) is 0 Å². The van der Waals surface area contributed by atoms with Gasteiger partial charge < -0.3 is 14.2 Å². The van der Waals surface area contributed by atoms with Gasteiger partial charge in [0.05, 0.1) is 30.5 Å². The van der Waals surface area contributed by atoms with Gasteiger partial charge >= 0.3 is 11.9 Å². The van der Waals surface area contributed by atoms with E-state index in [0.717, 1.165) is 43.2 Å². The van der Waals surface area contributed by atoms with E-state index in [9.17, 15) is 37.2 Å². The number of nitrogens with zero attached hydrogens (tertiary/aromatic N) is 2. The molecule has 2 heterocycles. The number of rotatable bonds is 28. The maximum Gasteiger partial charge on any atom is 0.330 e. The van der Waals surface area contributed by atoms with Crippen LogP contribution in [0, 0.1) is 0 Å². The number of ether oxygens (including phenoxy) is 3. The van der Waals surface area contributed by atoms with Gasteiger partial charge in [-0.1, -0.05) is 102 Å². The Hall–Kier alpha value is -6.15. The number of carbonyl (C=O) groups is 6. The minimum atomic E-state index is -3.57. The molecular weight excluding hydrogens is 885 g/mol. The second-order valence-electron chi connectivity index (χ2n) is 17.0. The standard InChI is InChI=1S/C32H43NO6S.C22H23NO5/c1-3-5-6-7-8-9-10-11-12-16-24-40(37,38)28-21-20-27-30-25(28)18-17-19-26(30)31(35)33(32(27)36)22-14-13-15-23-39-29(34)4-2;1-3-19(24)28-14-7-5-6-13-23-21(25)16-10-8-9-15-18(27-4-2)12-11-17(20(15)16)22(23)26/h4,17-21H,2-3,5-16,22-24H2,1H3;3,8-12H,1,4-7,13-14H2,2H3. The Labute approximate surface area is 400 Å². The summed E-state index contributed by atoms with van der Waals surface area (Å²) in [5.41, 5.74) is 1.74. The van der Waals surface area contributed by atoms with E-state index in [1.807, 2.05) is 19.1 Å². The fourth-order valence-electron chi connectivity index (χ4n) is 8.65. The minimum absolute atomic E-state index is 0.0539. The number of esters is 2. The molecule has 0 saturated heterocycles. The van der Waals surface area contributed by atoms with Gasteiger partial charge in [-0.15, -0.1) is 0 Å². The van der Waals surface area contributed by atoms with Crippen molar-refractivity contribution >= 4 is 66.9 Å². The molecule has 0 spiro atoms. The number of amides is 4. The third kappa shape index (κ3) is 13.5. The van der Waals surface area contributed by atoms with Crippen LogP contribution in [-0.4, -0.2) is 92.4 Å². The van der Waals surface area contributed by atoms with E-state index in [1.54, 1.807) is 42.5 Å². The van der Waals surface area contributed by atoms with Crippen LogP contribution in [0.1, 0.15) is 158 Å². The van der Waals surface area contributed by atoms with Crippen molar-refractivity contribution in [3.8, 4) is 5.75 Å². The molecule has 0 aromatic heterocycles. The van der Waals surface area contributed by atoms with Crippen molar-refractivity contribution in [2.45, 2.75) is 121 Å². The molecule has 4 aromatic carbocycles. The van der Waals surface area contributed by atoms with Gasteiger partial charge in [-0.25, -0.2) is 18.0 Å². The molecule has 4 aromatic rings. The molecule has 2 aliphatic heterocycles. The Balaban J connectivity index is 0.000000270.